The Hall–Kier alpha value is -3.84. The molecule has 0 unspecified atom stereocenters. The van der Waals surface area contributed by atoms with Crippen LogP contribution in [0, 0.1) is 0 Å². The van der Waals surface area contributed by atoms with Crippen LogP contribution in [-0.2, 0) is 0 Å². The highest BCUT2D eigenvalue weighted by atomic mass is 35.5. The molecule has 5 aromatic rings. The van der Waals surface area contributed by atoms with Crippen LogP contribution in [0.1, 0.15) is 33.7 Å². The summed E-state index contributed by atoms with van der Waals surface area (Å²) < 4.78 is 0. The second-order valence-corrected chi connectivity index (χ2v) is 9.58. The van der Waals surface area contributed by atoms with Crippen LogP contribution in [0.3, 0.4) is 0 Å². The van der Waals surface area contributed by atoms with Gasteiger partial charge in [0.15, 0.2) is 0 Å². The molecule has 0 fully saturated rings. The van der Waals surface area contributed by atoms with Crippen LogP contribution in [-0.4, -0.2) is 0 Å². The van der Waals surface area contributed by atoms with Crippen LogP contribution in [0.25, 0.3) is 11.1 Å². The van der Waals surface area contributed by atoms with E-state index in [0.29, 0.717) is 10.0 Å². The van der Waals surface area contributed by atoms with Gasteiger partial charge in [0, 0.05) is 5.92 Å². The topological polar surface area (TPSA) is 0 Å². The quantitative estimate of drug-likeness (QED) is 0.201. The van der Waals surface area contributed by atoms with Gasteiger partial charge in [0.1, 0.15) is 0 Å². The second kappa shape index (κ2) is 11.9. The molecule has 0 spiro atoms. The Bertz CT molecular complexity index is 1330. The third-order valence-corrected chi connectivity index (χ3v) is 7.21. The number of rotatable bonds is 7. The maximum atomic E-state index is 6.85. The van der Waals surface area contributed by atoms with Gasteiger partial charge >= 0.3 is 0 Å². The summed E-state index contributed by atoms with van der Waals surface area (Å²) in [5, 5.41) is 1.12. The van der Waals surface area contributed by atoms with Gasteiger partial charge in [-0.1, -0.05) is 169 Å². The van der Waals surface area contributed by atoms with Crippen LogP contribution in [0.5, 0.6) is 0 Å². The largest absolute Gasteiger partial charge is 0.0827 e. The molecule has 5 aromatic carbocycles. The van der Waals surface area contributed by atoms with Crippen LogP contribution in [0.15, 0.2) is 152 Å². The fourth-order valence-electron chi connectivity index (χ4n) is 4.55. The van der Waals surface area contributed by atoms with Crippen LogP contribution < -0.4 is 0 Å². The van der Waals surface area contributed by atoms with E-state index in [0.717, 1.165) is 39.0 Å². The van der Waals surface area contributed by atoms with Gasteiger partial charge in [0.2, 0.25) is 0 Å². The predicted octanol–water partition coefficient (Wildman–Crippen LogP) is 10.3. The number of benzene rings is 5. The average Bonchev–Trinajstić information content (AvgIpc) is 2.97. The van der Waals surface area contributed by atoms with Crippen molar-refractivity contribution in [1.29, 1.82) is 0 Å². The number of allylic oxidation sites excluding steroid dienone is 2. The standard InChI is InChI=1S/C35H26Cl2/c36-34-23-13-22-31(35(34)37)30(24-32(26-14-5-1-6-15-26)27-16-7-2-8-17-27)25-33(28-18-9-3-10-19-28)29-20-11-4-12-21-29/h1-25,30H. The van der Waals surface area contributed by atoms with Crippen LogP contribution in [0.4, 0.5) is 0 Å². The molecule has 5 rings (SSSR count). The zero-order chi connectivity index (χ0) is 25.5. The lowest BCUT2D eigenvalue weighted by atomic mass is 9.86. The highest BCUT2D eigenvalue weighted by Crippen LogP contribution is 2.38. The van der Waals surface area contributed by atoms with E-state index in [1.165, 1.54) is 0 Å². The molecule has 0 aliphatic heterocycles. The highest BCUT2D eigenvalue weighted by Gasteiger charge is 2.17. The number of halogens is 2. The summed E-state index contributed by atoms with van der Waals surface area (Å²) in [7, 11) is 0. The highest BCUT2D eigenvalue weighted by molar-refractivity contribution is 6.42. The maximum absolute atomic E-state index is 6.85. The minimum absolute atomic E-state index is 0.142. The first kappa shape index (κ1) is 24.8. The number of hydrogen-bond acceptors (Lipinski definition) is 0. The minimum Gasteiger partial charge on any atom is -0.0827 e. The molecule has 0 aromatic heterocycles. The molecule has 0 amide bonds. The van der Waals surface area contributed by atoms with Gasteiger partial charge in [-0.25, -0.2) is 0 Å². The molecule has 0 N–H and O–H groups in total. The molecule has 0 aliphatic rings. The molecule has 0 aliphatic carbocycles. The van der Waals surface area contributed by atoms with Gasteiger partial charge < -0.3 is 0 Å². The summed E-state index contributed by atoms with van der Waals surface area (Å²) >= 11 is 13.4. The lowest BCUT2D eigenvalue weighted by molar-refractivity contribution is 1.08. The van der Waals surface area contributed by atoms with Crippen molar-refractivity contribution < 1.29 is 0 Å². The first-order chi connectivity index (χ1) is 18.2. The molecular weight excluding hydrogens is 491 g/mol. The zero-order valence-electron chi connectivity index (χ0n) is 20.3. The zero-order valence-corrected chi connectivity index (χ0v) is 21.8. The van der Waals surface area contributed by atoms with Crippen molar-refractivity contribution in [3.8, 4) is 0 Å². The van der Waals surface area contributed by atoms with Gasteiger partial charge in [-0.2, -0.15) is 0 Å². The normalized spacial score (nSPS) is 10.7. The third kappa shape index (κ3) is 5.94. The molecule has 0 saturated carbocycles. The summed E-state index contributed by atoms with van der Waals surface area (Å²) in [5.74, 6) is -0.142. The van der Waals surface area contributed by atoms with Crippen LogP contribution >= 0.6 is 23.2 Å². The summed E-state index contributed by atoms with van der Waals surface area (Å²) in [6.07, 6.45) is 4.60. The Labute approximate surface area is 229 Å². The van der Waals surface area contributed by atoms with Crippen molar-refractivity contribution >= 4 is 34.3 Å². The van der Waals surface area contributed by atoms with E-state index < -0.39 is 0 Å². The van der Waals surface area contributed by atoms with Gasteiger partial charge in [-0.3, -0.25) is 0 Å². The molecule has 2 heteroatoms. The predicted molar refractivity (Wildman–Crippen MR) is 159 cm³/mol. The molecule has 0 atom stereocenters. The Morgan fingerprint density at radius 2 is 0.784 bits per heavy atom. The molecule has 0 nitrogen and oxygen atoms in total. The van der Waals surface area contributed by atoms with E-state index in [1.54, 1.807) is 0 Å². The van der Waals surface area contributed by atoms with Crippen molar-refractivity contribution in [3.05, 3.63) is 190 Å². The SMILES string of the molecule is Clc1cccc(C(C=C(c2ccccc2)c2ccccc2)C=C(c2ccccc2)c2ccccc2)c1Cl. The number of hydrogen-bond donors (Lipinski definition) is 0. The van der Waals surface area contributed by atoms with Crippen LogP contribution in [0.2, 0.25) is 10.0 Å². The Morgan fingerprint density at radius 1 is 0.432 bits per heavy atom. The Kier molecular flexibility index (Phi) is 8.01. The molecule has 0 heterocycles. The van der Waals surface area contributed by atoms with Gasteiger partial charge in [-0.15, -0.1) is 0 Å². The molecule has 37 heavy (non-hydrogen) atoms. The smallest absolute Gasteiger partial charge is 0.0633 e. The molecule has 0 radical (unpaired) electrons. The van der Waals surface area contributed by atoms with Crippen molar-refractivity contribution in [3.63, 3.8) is 0 Å². The van der Waals surface area contributed by atoms with Gasteiger partial charge in [0.25, 0.3) is 0 Å². The fourth-order valence-corrected chi connectivity index (χ4v) is 4.99. The summed E-state index contributed by atoms with van der Waals surface area (Å²) in [5.41, 5.74) is 7.82. The molecule has 180 valence electrons. The van der Waals surface area contributed by atoms with E-state index >= 15 is 0 Å². The van der Waals surface area contributed by atoms with Crippen molar-refractivity contribution in [2.45, 2.75) is 5.92 Å². The lowest BCUT2D eigenvalue weighted by Crippen LogP contribution is -2.00. The average molecular weight is 517 g/mol. The Morgan fingerprint density at radius 3 is 1.14 bits per heavy atom. The molecular formula is C35H26Cl2. The minimum atomic E-state index is -0.142. The van der Waals surface area contributed by atoms with Gasteiger partial charge in [0.05, 0.1) is 10.0 Å². The monoisotopic (exact) mass is 516 g/mol. The van der Waals surface area contributed by atoms with E-state index in [2.05, 4.69) is 115 Å². The molecule has 0 saturated heterocycles. The van der Waals surface area contributed by atoms with Crippen molar-refractivity contribution in [2.24, 2.45) is 0 Å². The second-order valence-electron chi connectivity index (χ2n) is 8.79. The first-order valence-corrected chi connectivity index (χ1v) is 13.1. The summed E-state index contributed by atoms with van der Waals surface area (Å²) in [6, 6.07) is 47.8. The van der Waals surface area contributed by atoms with E-state index in [4.69, 9.17) is 23.2 Å². The summed E-state index contributed by atoms with van der Waals surface area (Å²) in [6.45, 7) is 0. The summed E-state index contributed by atoms with van der Waals surface area (Å²) in [4.78, 5) is 0. The third-order valence-electron chi connectivity index (χ3n) is 6.37. The first-order valence-electron chi connectivity index (χ1n) is 12.3. The van der Waals surface area contributed by atoms with E-state index in [1.807, 2.05) is 36.4 Å². The van der Waals surface area contributed by atoms with Crippen molar-refractivity contribution in [1.82, 2.24) is 0 Å². The molecule has 0 bridgehead atoms. The fraction of sp³-hybridized carbons (Fsp3) is 0.0286. The van der Waals surface area contributed by atoms with E-state index in [9.17, 15) is 0 Å². The lowest BCUT2D eigenvalue weighted by Gasteiger charge is -2.19. The maximum Gasteiger partial charge on any atom is 0.0633 e. The van der Waals surface area contributed by atoms with Crippen molar-refractivity contribution in [2.75, 3.05) is 0 Å². The van der Waals surface area contributed by atoms with Gasteiger partial charge in [-0.05, 0) is 45.0 Å². The van der Waals surface area contributed by atoms with E-state index in [-0.39, 0.29) is 5.92 Å². The Balaban J connectivity index is 1.78.